The molecule has 0 heterocycles. The minimum Gasteiger partial charge on any atom is -0.480 e. The molecule has 0 saturated heterocycles. The summed E-state index contributed by atoms with van der Waals surface area (Å²) in [7, 11) is 0. The standard InChI is InChI=1S/C26H48N2O4/c1-5-6-7-8-9-10-11-12-13-14-15-16-17-18-19-20-23(29)27-22(4)25(30)28-24(21(2)3)26(31)32/h12-13,21-22,24H,5-11,14-20H2,1-4H3,(H,27,29)(H,28,30)(H,31,32)/t22-,24-/m0/s1. The highest BCUT2D eigenvalue weighted by atomic mass is 16.4. The van der Waals surface area contributed by atoms with E-state index in [1.807, 2.05) is 0 Å². The second-order valence-corrected chi connectivity index (χ2v) is 9.19. The summed E-state index contributed by atoms with van der Waals surface area (Å²) in [5.74, 6) is -1.93. The van der Waals surface area contributed by atoms with Gasteiger partial charge in [0.1, 0.15) is 12.1 Å². The Balaban J connectivity index is 3.69. The normalized spacial score (nSPS) is 13.3. The summed E-state index contributed by atoms with van der Waals surface area (Å²) < 4.78 is 0. The molecule has 0 aliphatic heterocycles. The average Bonchev–Trinajstić information content (AvgIpc) is 2.73. The first kappa shape index (κ1) is 30.1. The van der Waals surface area contributed by atoms with Crippen molar-refractivity contribution in [2.75, 3.05) is 0 Å². The average molecular weight is 453 g/mol. The molecule has 186 valence electrons. The zero-order valence-corrected chi connectivity index (χ0v) is 21.0. The lowest BCUT2D eigenvalue weighted by Crippen LogP contribution is -2.52. The molecule has 6 nitrogen and oxygen atoms in total. The fraction of sp³-hybridized carbons (Fsp3) is 0.808. The van der Waals surface area contributed by atoms with Crippen molar-refractivity contribution in [3.63, 3.8) is 0 Å². The van der Waals surface area contributed by atoms with Crippen molar-refractivity contribution < 1.29 is 19.5 Å². The van der Waals surface area contributed by atoms with Crippen molar-refractivity contribution in [3.05, 3.63) is 12.2 Å². The van der Waals surface area contributed by atoms with Gasteiger partial charge in [0.2, 0.25) is 11.8 Å². The highest BCUT2D eigenvalue weighted by molar-refractivity contribution is 5.90. The van der Waals surface area contributed by atoms with Crippen LogP contribution in [-0.4, -0.2) is 35.0 Å². The van der Waals surface area contributed by atoms with Gasteiger partial charge in [-0.2, -0.15) is 0 Å². The third-order valence-corrected chi connectivity index (χ3v) is 5.67. The first-order valence-corrected chi connectivity index (χ1v) is 12.8. The molecule has 0 spiro atoms. The van der Waals surface area contributed by atoms with Crippen LogP contribution in [0.3, 0.4) is 0 Å². The van der Waals surface area contributed by atoms with E-state index in [-0.39, 0.29) is 11.8 Å². The Labute approximate surface area is 196 Å². The van der Waals surface area contributed by atoms with Gasteiger partial charge in [-0.05, 0) is 44.9 Å². The van der Waals surface area contributed by atoms with E-state index >= 15 is 0 Å². The van der Waals surface area contributed by atoms with Crippen LogP contribution >= 0.6 is 0 Å². The second kappa shape index (κ2) is 19.8. The summed E-state index contributed by atoms with van der Waals surface area (Å²) in [5.41, 5.74) is 0. The van der Waals surface area contributed by atoms with Crippen LogP contribution in [0.4, 0.5) is 0 Å². The number of hydrogen-bond donors (Lipinski definition) is 3. The fourth-order valence-electron chi connectivity index (χ4n) is 3.53. The van der Waals surface area contributed by atoms with Crippen LogP contribution < -0.4 is 10.6 Å². The van der Waals surface area contributed by atoms with Gasteiger partial charge in [-0.1, -0.05) is 84.3 Å². The van der Waals surface area contributed by atoms with Gasteiger partial charge in [0.05, 0.1) is 0 Å². The predicted molar refractivity (Wildman–Crippen MR) is 131 cm³/mol. The smallest absolute Gasteiger partial charge is 0.326 e. The van der Waals surface area contributed by atoms with Crippen LogP contribution in [0.1, 0.15) is 118 Å². The quantitative estimate of drug-likeness (QED) is 0.162. The van der Waals surface area contributed by atoms with E-state index in [1.54, 1.807) is 20.8 Å². The Morgan fingerprint density at radius 1 is 0.750 bits per heavy atom. The molecule has 0 aromatic heterocycles. The van der Waals surface area contributed by atoms with Crippen LogP contribution in [0.25, 0.3) is 0 Å². The third-order valence-electron chi connectivity index (χ3n) is 5.67. The number of amides is 2. The van der Waals surface area contributed by atoms with Crippen molar-refractivity contribution in [2.24, 2.45) is 5.92 Å². The number of rotatable bonds is 20. The van der Waals surface area contributed by atoms with Gasteiger partial charge < -0.3 is 15.7 Å². The third kappa shape index (κ3) is 16.8. The molecule has 0 saturated carbocycles. The molecule has 3 N–H and O–H groups in total. The van der Waals surface area contributed by atoms with Gasteiger partial charge >= 0.3 is 5.97 Å². The molecule has 32 heavy (non-hydrogen) atoms. The second-order valence-electron chi connectivity index (χ2n) is 9.19. The molecule has 0 aliphatic carbocycles. The van der Waals surface area contributed by atoms with Crippen LogP contribution in [0, 0.1) is 5.92 Å². The Morgan fingerprint density at radius 3 is 1.75 bits per heavy atom. The molecule has 0 rings (SSSR count). The SMILES string of the molecule is CCCCCCCCC=CCCCCCCCC(=O)N[C@@H](C)C(=O)N[C@H](C(=O)O)C(C)C. The lowest BCUT2D eigenvalue weighted by Gasteiger charge is -2.21. The zero-order valence-electron chi connectivity index (χ0n) is 21.0. The summed E-state index contributed by atoms with van der Waals surface area (Å²) in [6.07, 6.45) is 20.7. The maximum atomic E-state index is 12.1. The number of unbranched alkanes of at least 4 members (excludes halogenated alkanes) is 11. The van der Waals surface area contributed by atoms with E-state index in [4.69, 9.17) is 5.11 Å². The van der Waals surface area contributed by atoms with Crippen LogP contribution in [-0.2, 0) is 14.4 Å². The maximum Gasteiger partial charge on any atom is 0.326 e. The summed E-state index contributed by atoms with van der Waals surface area (Å²) >= 11 is 0. The molecule has 0 aromatic rings. The predicted octanol–water partition coefficient (Wildman–Crippen LogP) is 5.75. The molecule has 0 unspecified atom stereocenters. The number of carboxylic acids is 1. The monoisotopic (exact) mass is 452 g/mol. The maximum absolute atomic E-state index is 12.1. The number of nitrogens with one attached hydrogen (secondary N) is 2. The summed E-state index contributed by atoms with van der Waals surface area (Å²) in [6, 6.07) is -1.70. The first-order valence-electron chi connectivity index (χ1n) is 12.8. The van der Waals surface area contributed by atoms with Crippen molar-refractivity contribution in [1.82, 2.24) is 10.6 Å². The van der Waals surface area contributed by atoms with Crippen LogP contribution in [0.2, 0.25) is 0 Å². The van der Waals surface area contributed by atoms with Gasteiger partial charge in [-0.3, -0.25) is 9.59 Å². The number of carboxylic acid groups (broad SMARTS) is 1. The van der Waals surface area contributed by atoms with Gasteiger partial charge in [-0.25, -0.2) is 4.79 Å². The van der Waals surface area contributed by atoms with Crippen molar-refractivity contribution in [2.45, 2.75) is 130 Å². The molecule has 2 atom stereocenters. The summed E-state index contributed by atoms with van der Waals surface area (Å²) in [5, 5.41) is 14.3. The number of carbonyl (C=O) groups excluding carboxylic acids is 2. The van der Waals surface area contributed by atoms with E-state index in [0.717, 1.165) is 25.7 Å². The largest absolute Gasteiger partial charge is 0.480 e. The van der Waals surface area contributed by atoms with Crippen molar-refractivity contribution >= 4 is 17.8 Å². The molecule has 0 radical (unpaired) electrons. The van der Waals surface area contributed by atoms with E-state index < -0.39 is 24.0 Å². The molecule has 0 fully saturated rings. The highest BCUT2D eigenvalue weighted by Gasteiger charge is 2.26. The number of hydrogen-bond acceptors (Lipinski definition) is 3. The molecule has 0 aromatic carbocycles. The van der Waals surface area contributed by atoms with Gasteiger partial charge in [0.25, 0.3) is 0 Å². The van der Waals surface area contributed by atoms with Gasteiger partial charge in [0.15, 0.2) is 0 Å². The van der Waals surface area contributed by atoms with E-state index in [1.165, 1.54) is 57.8 Å². The minimum atomic E-state index is -1.07. The van der Waals surface area contributed by atoms with Crippen LogP contribution in [0.15, 0.2) is 12.2 Å². The minimum absolute atomic E-state index is 0.165. The number of carbonyl (C=O) groups is 3. The Morgan fingerprint density at radius 2 is 1.25 bits per heavy atom. The topological polar surface area (TPSA) is 95.5 Å². The van der Waals surface area contributed by atoms with E-state index in [2.05, 4.69) is 29.7 Å². The summed E-state index contributed by atoms with van der Waals surface area (Å²) in [4.78, 5) is 35.3. The Kier molecular flexibility index (Phi) is 18.7. The molecule has 2 amide bonds. The molecular weight excluding hydrogens is 404 g/mol. The van der Waals surface area contributed by atoms with Gasteiger partial charge in [0, 0.05) is 6.42 Å². The number of aliphatic carboxylic acids is 1. The molecule has 6 heteroatoms. The van der Waals surface area contributed by atoms with Gasteiger partial charge in [-0.15, -0.1) is 0 Å². The van der Waals surface area contributed by atoms with E-state index in [9.17, 15) is 14.4 Å². The fourth-order valence-corrected chi connectivity index (χ4v) is 3.53. The van der Waals surface area contributed by atoms with Crippen LogP contribution in [0.5, 0.6) is 0 Å². The number of allylic oxidation sites excluding steroid dienone is 2. The Bertz CT molecular complexity index is 546. The van der Waals surface area contributed by atoms with Crippen molar-refractivity contribution in [1.29, 1.82) is 0 Å². The molecular formula is C26H48N2O4. The zero-order chi connectivity index (χ0) is 24.2. The van der Waals surface area contributed by atoms with Crippen molar-refractivity contribution in [3.8, 4) is 0 Å². The van der Waals surface area contributed by atoms with E-state index in [0.29, 0.717) is 6.42 Å². The highest BCUT2D eigenvalue weighted by Crippen LogP contribution is 2.10. The Hall–Kier alpha value is -1.85. The summed E-state index contributed by atoms with van der Waals surface area (Å²) in [6.45, 7) is 7.29. The first-order chi connectivity index (χ1) is 15.3. The molecule has 0 bridgehead atoms. The lowest BCUT2D eigenvalue weighted by molar-refractivity contribution is -0.143. The lowest BCUT2D eigenvalue weighted by atomic mass is 10.0. The molecule has 0 aliphatic rings.